The second-order valence-corrected chi connectivity index (χ2v) is 7.00. The first-order valence-electron chi connectivity index (χ1n) is 7.40. The van der Waals surface area contributed by atoms with Gasteiger partial charge in [-0.1, -0.05) is 35.1 Å². The highest BCUT2D eigenvalue weighted by Crippen LogP contribution is 2.45. The second kappa shape index (κ2) is 5.68. The molecule has 6 nitrogen and oxygen atoms in total. The Balaban J connectivity index is 1.87. The molecular formula is C16H12ClN3O3S. The van der Waals surface area contributed by atoms with E-state index < -0.39 is 17.7 Å². The minimum absolute atomic E-state index is 0.119. The average molecular weight is 362 g/mol. The summed E-state index contributed by atoms with van der Waals surface area (Å²) in [6.07, 6.45) is 1.57. The van der Waals surface area contributed by atoms with Crippen LogP contribution < -0.4 is 4.90 Å². The fourth-order valence-electron chi connectivity index (χ4n) is 2.88. The maximum atomic E-state index is 12.7. The topological polar surface area (TPSA) is 83.4 Å². The number of anilines is 1. The first-order valence-corrected chi connectivity index (χ1v) is 8.66. The maximum absolute atomic E-state index is 12.7. The largest absolute Gasteiger partial charge is 0.503 e. The standard InChI is InChI=1S/C16H12ClN3O3S/c17-10-3-1-2-9(6-10)12-11(13(21)8-4-5-8)14(22)15(23)20(12)16-19-18-7-24-16/h1-3,6-8,12,22H,4-5H2. The van der Waals surface area contributed by atoms with Crippen LogP contribution in [0.2, 0.25) is 5.02 Å². The van der Waals surface area contributed by atoms with E-state index in [2.05, 4.69) is 10.2 Å². The van der Waals surface area contributed by atoms with Gasteiger partial charge in [0.15, 0.2) is 11.5 Å². The van der Waals surface area contributed by atoms with Gasteiger partial charge in [-0.05, 0) is 30.5 Å². The van der Waals surface area contributed by atoms with Crippen molar-refractivity contribution in [1.29, 1.82) is 0 Å². The van der Waals surface area contributed by atoms with Gasteiger partial charge >= 0.3 is 0 Å². The van der Waals surface area contributed by atoms with E-state index >= 15 is 0 Å². The number of ketones is 1. The van der Waals surface area contributed by atoms with Crippen molar-refractivity contribution in [3.8, 4) is 0 Å². The number of aliphatic hydroxyl groups is 1. The SMILES string of the molecule is O=C(C1=C(O)C(=O)N(c2nncs2)C1c1cccc(Cl)c1)C1CC1. The van der Waals surface area contributed by atoms with Gasteiger partial charge in [-0.2, -0.15) is 0 Å². The Morgan fingerprint density at radius 2 is 2.17 bits per heavy atom. The molecule has 1 aromatic heterocycles. The summed E-state index contributed by atoms with van der Waals surface area (Å²) in [6, 6.07) is 6.18. The third-order valence-corrected chi connectivity index (χ3v) is 5.06. The lowest BCUT2D eigenvalue weighted by Crippen LogP contribution is -2.31. The fourth-order valence-corrected chi connectivity index (χ4v) is 3.67. The number of nitrogens with zero attached hydrogens (tertiary/aromatic N) is 3. The number of hydrogen-bond acceptors (Lipinski definition) is 6. The van der Waals surface area contributed by atoms with Crippen LogP contribution in [0.15, 0.2) is 41.1 Å². The second-order valence-electron chi connectivity index (χ2n) is 5.75. The summed E-state index contributed by atoms with van der Waals surface area (Å²) in [4.78, 5) is 26.6. The molecule has 1 atom stereocenters. The van der Waals surface area contributed by atoms with E-state index in [1.165, 1.54) is 21.7 Å². The van der Waals surface area contributed by atoms with E-state index in [1.54, 1.807) is 24.3 Å². The van der Waals surface area contributed by atoms with Gasteiger partial charge < -0.3 is 5.11 Å². The van der Waals surface area contributed by atoms with E-state index in [0.29, 0.717) is 15.7 Å². The summed E-state index contributed by atoms with van der Waals surface area (Å²) in [6.45, 7) is 0. The molecule has 2 aliphatic rings. The molecule has 1 saturated carbocycles. The molecule has 1 unspecified atom stereocenters. The molecule has 4 rings (SSSR count). The van der Waals surface area contributed by atoms with Gasteiger partial charge in [-0.3, -0.25) is 14.5 Å². The maximum Gasteiger partial charge on any atom is 0.296 e. The lowest BCUT2D eigenvalue weighted by Gasteiger charge is -2.24. The van der Waals surface area contributed by atoms with Crippen molar-refractivity contribution in [3.63, 3.8) is 0 Å². The molecule has 0 saturated heterocycles. The molecular weight excluding hydrogens is 350 g/mol. The van der Waals surface area contributed by atoms with Crippen molar-refractivity contribution in [1.82, 2.24) is 10.2 Å². The summed E-state index contributed by atoms with van der Waals surface area (Å²) in [5.74, 6) is -1.45. The molecule has 0 spiro atoms. The number of amides is 1. The van der Waals surface area contributed by atoms with Crippen molar-refractivity contribution in [2.45, 2.75) is 18.9 Å². The zero-order valence-electron chi connectivity index (χ0n) is 12.3. The van der Waals surface area contributed by atoms with Crippen molar-refractivity contribution in [3.05, 3.63) is 51.7 Å². The molecule has 1 aromatic carbocycles. The molecule has 1 fully saturated rings. The van der Waals surface area contributed by atoms with E-state index in [-0.39, 0.29) is 17.3 Å². The van der Waals surface area contributed by atoms with Crippen LogP contribution in [0.25, 0.3) is 0 Å². The van der Waals surface area contributed by atoms with E-state index in [9.17, 15) is 14.7 Å². The van der Waals surface area contributed by atoms with Gasteiger partial charge in [0.2, 0.25) is 5.13 Å². The number of Topliss-reactive ketones (excluding diaryl/α,β-unsaturated/α-hetero) is 1. The van der Waals surface area contributed by atoms with Gasteiger partial charge in [0, 0.05) is 10.9 Å². The number of aliphatic hydroxyl groups excluding tert-OH is 1. The lowest BCUT2D eigenvalue weighted by molar-refractivity contribution is -0.118. The number of aromatic nitrogens is 2. The molecule has 1 N–H and O–H groups in total. The summed E-state index contributed by atoms with van der Waals surface area (Å²) < 4.78 is 0. The monoisotopic (exact) mass is 361 g/mol. The minimum Gasteiger partial charge on any atom is -0.503 e. The first kappa shape index (κ1) is 15.3. The van der Waals surface area contributed by atoms with Crippen molar-refractivity contribution in [2.24, 2.45) is 5.92 Å². The molecule has 24 heavy (non-hydrogen) atoms. The van der Waals surface area contributed by atoms with Crippen LogP contribution in [-0.2, 0) is 9.59 Å². The van der Waals surface area contributed by atoms with Crippen LogP contribution in [0.5, 0.6) is 0 Å². The summed E-state index contributed by atoms with van der Waals surface area (Å²) in [7, 11) is 0. The quantitative estimate of drug-likeness (QED) is 0.904. The predicted molar refractivity (Wildman–Crippen MR) is 89.0 cm³/mol. The Morgan fingerprint density at radius 1 is 1.38 bits per heavy atom. The van der Waals surface area contributed by atoms with Crippen LogP contribution >= 0.6 is 22.9 Å². The van der Waals surface area contributed by atoms with Crippen molar-refractivity contribution in [2.75, 3.05) is 4.90 Å². The van der Waals surface area contributed by atoms with Crippen LogP contribution in [-0.4, -0.2) is 27.0 Å². The summed E-state index contributed by atoms with van der Waals surface area (Å²) in [5.41, 5.74) is 2.27. The van der Waals surface area contributed by atoms with Gasteiger partial charge in [0.05, 0.1) is 11.6 Å². The number of carbonyl (C=O) groups excluding carboxylic acids is 2. The molecule has 1 aliphatic heterocycles. The Morgan fingerprint density at radius 3 is 2.79 bits per heavy atom. The van der Waals surface area contributed by atoms with Gasteiger partial charge in [-0.15, -0.1) is 10.2 Å². The third kappa shape index (κ3) is 2.40. The molecule has 2 heterocycles. The van der Waals surface area contributed by atoms with Gasteiger partial charge in [0.25, 0.3) is 5.91 Å². The normalized spacial score (nSPS) is 20.8. The minimum atomic E-state index is -0.739. The Kier molecular flexibility index (Phi) is 3.62. The predicted octanol–water partition coefficient (Wildman–Crippen LogP) is 3.07. The van der Waals surface area contributed by atoms with E-state index in [0.717, 1.165) is 12.8 Å². The van der Waals surface area contributed by atoms with Crippen LogP contribution in [0.1, 0.15) is 24.4 Å². The number of halogens is 1. The van der Waals surface area contributed by atoms with Gasteiger partial charge in [-0.25, -0.2) is 0 Å². The van der Waals surface area contributed by atoms with Gasteiger partial charge in [0.1, 0.15) is 5.51 Å². The van der Waals surface area contributed by atoms with E-state index in [1.807, 2.05) is 0 Å². The summed E-state index contributed by atoms with van der Waals surface area (Å²) >= 11 is 7.25. The van der Waals surface area contributed by atoms with Crippen molar-refractivity contribution < 1.29 is 14.7 Å². The Labute approximate surface area is 146 Å². The molecule has 1 aliphatic carbocycles. The van der Waals surface area contributed by atoms with Crippen LogP contribution in [0.3, 0.4) is 0 Å². The third-order valence-electron chi connectivity index (χ3n) is 4.14. The lowest BCUT2D eigenvalue weighted by atomic mass is 9.94. The molecule has 1 amide bonds. The number of benzene rings is 1. The Hall–Kier alpha value is -2.25. The highest BCUT2D eigenvalue weighted by molar-refractivity contribution is 7.13. The van der Waals surface area contributed by atoms with E-state index in [4.69, 9.17) is 11.6 Å². The van der Waals surface area contributed by atoms with Crippen LogP contribution in [0.4, 0.5) is 5.13 Å². The average Bonchev–Trinajstić information content (AvgIpc) is 3.22. The molecule has 2 aromatic rings. The highest BCUT2D eigenvalue weighted by atomic mass is 35.5. The first-order chi connectivity index (χ1) is 11.6. The smallest absolute Gasteiger partial charge is 0.296 e. The van der Waals surface area contributed by atoms with Crippen LogP contribution in [0, 0.1) is 5.92 Å². The fraction of sp³-hybridized carbons (Fsp3) is 0.250. The molecule has 8 heteroatoms. The van der Waals surface area contributed by atoms with Crippen molar-refractivity contribution >= 4 is 39.8 Å². The molecule has 122 valence electrons. The zero-order chi connectivity index (χ0) is 16.8. The number of rotatable bonds is 4. The molecule has 0 radical (unpaired) electrons. The molecule has 0 bridgehead atoms. The highest BCUT2D eigenvalue weighted by Gasteiger charge is 2.48. The number of hydrogen-bond donors (Lipinski definition) is 1. The summed E-state index contributed by atoms with van der Waals surface area (Å²) in [5, 5.41) is 18.9. The number of carbonyl (C=O) groups is 2. The Bertz CT molecular complexity index is 861. The zero-order valence-corrected chi connectivity index (χ0v) is 13.9.